The zero-order valence-corrected chi connectivity index (χ0v) is 16.4. The van der Waals surface area contributed by atoms with Gasteiger partial charge in [0.05, 0.1) is 6.20 Å². The van der Waals surface area contributed by atoms with E-state index in [1.165, 1.54) is 24.9 Å². The first-order valence-electron chi connectivity index (χ1n) is 9.87. The van der Waals surface area contributed by atoms with E-state index in [2.05, 4.69) is 42.8 Å². The minimum absolute atomic E-state index is 0.0399. The van der Waals surface area contributed by atoms with Crippen molar-refractivity contribution in [1.29, 1.82) is 0 Å². The Hall–Kier alpha value is -3.48. The predicted octanol–water partition coefficient (Wildman–Crippen LogP) is 4.55. The van der Waals surface area contributed by atoms with E-state index < -0.39 is 0 Å². The Labute approximate surface area is 170 Å². The SMILES string of the molecule is CC(=O)c1ccc(Nc2cnnc(Nc3ccc(N4CCCCC4)cc3)n2)cc1. The number of carbonyl (C=O) groups is 1. The van der Waals surface area contributed by atoms with Crippen molar-refractivity contribution in [2.45, 2.75) is 26.2 Å². The van der Waals surface area contributed by atoms with Crippen molar-refractivity contribution in [2.75, 3.05) is 28.6 Å². The molecule has 1 fully saturated rings. The van der Waals surface area contributed by atoms with Gasteiger partial charge in [-0.25, -0.2) is 0 Å². The molecule has 1 aromatic heterocycles. The van der Waals surface area contributed by atoms with Gasteiger partial charge in [0.25, 0.3) is 0 Å². The van der Waals surface area contributed by atoms with Gasteiger partial charge in [0.2, 0.25) is 5.95 Å². The van der Waals surface area contributed by atoms with Crippen molar-refractivity contribution in [1.82, 2.24) is 15.2 Å². The summed E-state index contributed by atoms with van der Waals surface area (Å²) in [5.41, 5.74) is 3.66. The number of nitrogens with one attached hydrogen (secondary N) is 2. The Morgan fingerprint density at radius 2 is 1.55 bits per heavy atom. The topological polar surface area (TPSA) is 83.0 Å². The van der Waals surface area contributed by atoms with Crippen LogP contribution >= 0.6 is 0 Å². The van der Waals surface area contributed by atoms with Crippen LogP contribution in [-0.4, -0.2) is 34.1 Å². The van der Waals surface area contributed by atoms with Gasteiger partial charge in [0.15, 0.2) is 11.6 Å². The van der Waals surface area contributed by atoms with Crippen LogP contribution in [0.3, 0.4) is 0 Å². The third-order valence-electron chi connectivity index (χ3n) is 4.97. The number of anilines is 5. The van der Waals surface area contributed by atoms with Crippen LogP contribution in [0, 0.1) is 0 Å². The Kier molecular flexibility index (Phi) is 5.65. The van der Waals surface area contributed by atoms with E-state index in [1.54, 1.807) is 25.3 Å². The molecule has 0 amide bonds. The summed E-state index contributed by atoms with van der Waals surface area (Å²) in [6, 6.07) is 15.6. The molecule has 0 atom stereocenters. The summed E-state index contributed by atoms with van der Waals surface area (Å²) < 4.78 is 0. The molecule has 0 unspecified atom stereocenters. The fraction of sp³-hybridized carbons (Fsp3) is 0.273. The van der Waals surface area contributed by atoms with Gasteiger partial charge in [-0.3, -0.25) is 4.79 Å². The smallest absolute Gasteiger partial charge is 0.249 e. The molecule has 0 bridgehead atoms. The first kappa shape index (κ1) is 18.9. The third kappa shape index (κ3) is 4.87. The van der Waals surface area contributed by atoms with Crippen molar-refractivity contribution in [3.05, 3.63) is 60.3 Å². The molecule has 2 N–H and O–H groups in total. The highest BCUT2D eigenvalue weighted by Gasteiger charge is 2.11. The molecule has 1 aliphatic heterocycles. The monoisotopic (exact) mass is 388 g/mol. The molecule has 0 radical (unpaired) electrons. The number of nitrogens with zero attached hydrogens (tertiary/aromatic N) is 4. The first-order valence-corrected chi connectivity index (χ1v) is 9.87. The standard InChI is InChI=1S/C22H24N6O/c1-16(29)17-5-7-18(8-6-17)24-21-15-23-27-22(26-21)25-19-9-11-20(12-10-19)28-13-3-2-4-14-28/h5-12,15H,2-4,13-14H2,1H3,(H2,24,25,26,27). The molecule has 2 heterocycles. The minimum atomic E-state index is 0.0399. The normalized spacial score (nSPS) is 13.8. The Balaban J connectivity index is 1.41. The van der Waals surface area contributed by atoms with Crippen molar-refractivity contribution in [3.8, 4) is 0 Å². The summed E-state index contributed by atoms with van der Waals surface area (Å²) in [7, 11) is 0. The molecule has 2 aromatic carbocycles. The molecule has 0 spiro atoms. The number of Topliss-reactive ketones (excluding diaryl/α,β-unsaturated/α-hetero) is 1. The van der Waals surface area contributed by atoms with Crippen LogP contribution in [0.5, 0.6) is 0 Å². The van der Waals surface area contributed by atoms with Gasteiger partial charge >= 0.3 is 0 Å². The lowest BCUT2D eigenvalue weighted by atomic mass is 10.1. The van der Waals surface area contributed by atoms with Gasteiger partial charge in [-0.1, -0.05) is 0 Å². The van der Waals surface area contributed by atoms with Gasteiger partial charge in [0, 0.05) is 35.7 Å². The van der Waals surface area contributed by atoms with Crippen molar-refractivity contribution >= 4 is 34.6 Å². The molecule has 148 valence electrons. The molecule has 1 saturated heterocycles. The summed E-state index contributed by atoms with van der Waals surface area (Å²) in [5, 5.41) is 14.4. The summed E-state index contributed by atoms with van der Waals surface area (Å²) in [6.45, 7) is 3.80. The number of ketones is 1. The van der Waals surface area contributed by atoms with Gasteiger partial charge < -0.3 is 15.5 Å². The number of hydrogen-bond donors (Lipinski definition) is 2. The van der Waals surface area contributed by atoms with Gasteiger partial charge in [-0.05, 0) is 74.7 Å². The second kappa shape index (κ2) is 8.68. The third-order valence-corrected chi connectivity index (χ3v) is 4.97. The van der Waals surface area contributed by atoms with Gasteiger partial charge in [-0.15, -0.1) is 5.10 Å². The summed E-state index contributed by atoms with van der Waals surface area (Å²) >= 11 is 0. The van der Waals surface area contributed by atoms with Gasteiger partial charge in [0.1, 0.15) is 0 Å². The first-order chi connectivity index (χ1) is 14.2. The van der Waals surface area contributed by atoms with Crippen LogP contribution in [0.1, 0.15) is 36.5 Å². The van der Waals surface area contributed by atoms with Crippen LogP contribution in [0.2, 0.25) is 0 Å². The van der Waals surface area contributed by atoms with E-state index in [1.807, 2.05) is 24.3 Å². The maximum atomic E-state index is 11.4. The molecule has 1 aliphatic rings. The van der Waals surface area contributed by atoms with E-state index in [0.29, 0.717) is 17.3 Å². The number of benzene rings is 2. The highest BCUT2D eigenvalue weighted by Crippen LogP contribution is 2.23. The van der Waals surface area contributed by atoms with E-state index in [9.17, 15) is 4.79 Å². The summed E-state index contributed by atoms with van der Waals surface area (Å²) in [5.74, 6) is 1.03. The molecule has 0 aliphatic carbocycles. The molecule has 7 nitrogen and oxygen atoms in total. The lowest BCUT2D eigenvalue weighted by Crippen LogP contribution is -2.29. The maximum Gasteiger partial charge on any atom is 0.249 e. The number of hydrogen-bond acceptors (Lipinski definition) is 7. The number of aromatic nitrogens is 3. The number of rotatable bonds is 6. The van der Waals surface area contributed by atoms with Crippen LogP contribution in [0.4, 0.5) is 28.8 Å². The minimum Gasteiger partial charge on any atom is -0.372 e. The van der Waals surface area contributed by atoms with Crippen molar-refractivity contribution in [2.24, 2.45) is 0 Å². The van der Waals surface area contributed by atoms with Crippen LogP contribution in [0.25, 0.3) is 0 Å². The number of piperidine rings is 1. The molecule has 4 rings (SSSR count). The zero-order chi connectivity index (χ0) is 20.1. The molecule has 3 aromatic rings. The highest BCUT2D eigenvalue weighted by molar-refractivity contribution is 5.94. The van der Waals surface area contributed by atoms with E-state index in [4.69, 9.17) is 0 Å². The second-order valence-electron chi connectivity index (χ2n) is 7.14. The quantitative estimate of drug-likeness (QED) is 0.599. The lowest BCUT2D eigenvalue weighted by Gasteiger charge is -2.28. The Bertz CT molecular complexity index is 965. The molecular weight excluding hydrogens is 364 g/mol. The van der Waals surface area contributed by atoms with E-state index in [0.717, 1.165) is 24.5 Å². The van der Waals surface area contributed by atoms with E-state index >= 15 is 0 Å². The molecular formula is C22H24N6O. The average molecular weight is 388 g/mol. The predicted molar refractivity (Wildman–Crippen MR) is 115 cm³/mol. The van der Waals surface area contributed by atoms with Crippen LogP contribution in [0.15, 0.2) is 54.7 Å². The fourth-order valence-corrected chi connectivity index (χ4v) is 3.39. The summed E-state index contributed by atoms with van der Waals surface area (Å²) in [4.78, 5) is 18.3. The second-order valence-corrected chi connectivity index (χ2v) is 7.14. The van der Waals surface area contributed by atoms with Crippen molar-refractivity contribution in [3.63, 3.8) is 0 Å². The highest BCUT2D eigenvalue weighted by atomic mass is 16.1. The van der Waals surface area contributed by atoms with E-state index in [-0.39, 0.29) is 5.78 Å². The van der Waals surface area contributed by atoms with Crippen LogP contribution < -0.4 is 15.5 Å². The molecule has 7 heteroatoms. The Morgan fingerprint density at radius 3 is 2.24 bits per heavy atom. The summed E-state index contributed by atoms with van der Waals surface area (Å²) in [6.07, 6.45) is 5.41. The van der Waals surface area contributed by atoms with Crippen molar-refractivity contribution < 1.29 is 4.79 Å². The zero-order valence-electron chi connectivity index (χ0n) is 16.4. The lowest BCUT2D eigenvalue weighted by molar-refractivity contribution is 0.101. The average Bonchev–Trinajstić information content (AvgIpc) is 2.76. The Morgan fingerprint density at radius 1 is 0.897 bits per heavy atom. The number of carbonyl (C=O) groups excluding carboxylic acids is 1. The van der Waals surface area contributed by atoms with Gasteiger partial charge in [-0.2, -0.15) is 10.1 Å². The maximum absolute atomic E-state index is 11.4. The van der Waals surface area contributed by atoms with Crippen LogP contribution in [-0.2, 0) is 0 Å². The largest absolute Gasteiger partial charge is 0.372 e. The molecule has 0 saturated carbocycles. The molecule has 29 heavy (non-hydrogen) atoms. The fourth-order valence-electron chi connectivity index (χ4n) is 3.39.